The molecule has 1 saturated carbocycles. The van der Waals surface area contributed by atoms with E-state index in [-0.39, 0.29) is 6.61 Å². The van der Waals surface area contributed by atoms with Crippen molar-refractivity contribution >= 4 is 5.57 Å². The quantitative estimate of drug-likeness (QED) is 0.662. The van der Waals surface area contributed by atoms with E-state index in [4.69, 9.17) is 5.11 Å². The minimum absolute atomic E-state index is 0.211. The normalized spacial score (nSPS) is 23.9. The van der Waals surface area contributed by atoms with Crippen LogP contribution in [0.3, 0.4) is 0 Å². The predicted molar refractivity (Wildman–Crippen MR) is 47.8 cm³/mol. The fourth-order valence-electron chi connectivity index (χ4n) is 2.23. The molecule has 0 radical (unpaired) electrons. The van der Waals surface area contributed by atoms with Crippen molar-refractivity contribution in [3.8, 4) is 0 Å². The molecule has 0 aliphatic heterocycles. The minimum Gasteiger partial charge on any atom is -0.392 e. The molecule has 1 nitrogen and oxygen atoms in total. The van der Waals surface area contributed by atoms with Gasteiger partial charge < -0.3 is 5.11 Å². The van der Waals surface area contributed by atoms with Crippen molar-refractivity contribution in [3.63, 3.8) is 0 Å². The van der Waals surface area contributed by atoms with E-state index in [9.17, 15) is 0 Å². The van der Waals surface area contributed by atoms with Crippen molar-refractivity contribution < 1.29 is 5.11 Å². The number of benzene rings is 1. The van der Waals surface area contributed by atoms with Gasteiger partial charge in [-0.1, -0.05) is 29.8 Å². The Morgan fingerprint density at radius 2 is 2.17 bits per heavy atom. The summed E-state index contributed by atoms with van der Waals surface area (Å²) in [6.07, 6.45) is 1.19. The Balaban J connectivity index is 2.23. The largest absolute Gasteiger partial charge is 0.392 e. The van der Waals surface area contributed by atoms with Gasteiger partial charge in [0.1, 0.15) is 0 Å². The molecule has 60 valence electrons. The van der Waals surface area contributed by atoms with Crippen LogP contribution >= 0.6 is 0 Å². The molecule has 1 unspecified atom stereocenters. The van der Waals surface area contributed by atoms with Crippen LogP contribution in [0.5, 0.6) is 0 Å². The molecule has 0 bridgehead atoms. The highest BCUT2D eigenvalue weighted by atomic mass is 16.3. The van der Waals surface area contributed by atoms with Gasteiger partial charge in [-0.25, -0.2) is 0 Å². The zero-order valence-corrected chi connectivity index (χ0v) is 6.75. The third-order valence-corrected chi connectivity index (χ3v) is 2.89. The Labute approximate surface area is 71.3 Å². The van der Waals surface area contributed by atoms with Crippen LogP contribution in [0.2, 0.25) is 0 Å². The minimum atomic E-state index is 0.211. The van der Waals surface area contributed by atoms with E-state index in [2.05, 4.69) is 18.2 Å². The molecule has 0 spiro atoms. The highest BCUT2D eigenvalue weighted by molar-refractivity contribution is 5.83. The summed E-state index contributed by atoms with van der Waals surface area (Å²) in [6.45, 7) is 0.211. The molecule has 0 saturated heterocycles. The van der Waals surface area contributed by atoms with Gasteiger partial charge >= 0.3 is 0 Å². The molecule has 0 amide bonds. The van der Waals surface area contributed by atoms with Crippen LogP contribution in [0.25, 0.3) is 5.57 Å². The fourth-order valence-corrected chi connectivity index (χ4v) is 2.23. The summed E-state index contributed by atoms with van der Waals surface area (Å²) in [5, 5.41) is 9.15. The average Bonchev–Trinajstić information content (AvgIpc) is 2.83. The van der Waals surface area contributed by atoms with E-state index >= 15 is 0 Å². The number of aliphatic hydroxyl groups excluding tert-OH is 1. The number of allylic oxidation sites excluding steroid dienone is 1. The van der Waals surface area contributed by atoms with Crippen molar-refractivity contribution in [2.24, 2.45) is 0 Å². The van der Waals surface area contributed by atoms with Crippen molar-refractivity contribution in [2.45, 2.75) is 12.3 Å². The van der Waals surface area contributed by atoms with Gasteiger partial charge in [-0.15, -0.1) is 0 Å². The molecule has 0 heterocycles. The fraction of sp³-hybridized carbons (Fsp3) is 0.273. The van der Waals surface area contributed by atoms with Crippen molar-refractivity contribution in [1.29, 1.82) is 0 Å². The Bertz CT molecular complexity index is 376. The smallest absolute Gasteiger partial charge is 0.0687 e. The Morgan fingerprint density at radius 1 is 1.33 bits per heavy atom. The molecule has 0 aromatic heterocycles. The Morgan fingerprint density at radius 3 is 3.00 bits per heavy atom. The molecule has 2 aliphatic carbocycles. The monoisotopic (exact) mass is 158 g/mol. The third-order valence-electron chi connectivity index (χ3n) is 2.89. The van der Waals surface area contributed by atoms with E-state index in [1.807, 2.05) is 6.07 Å². The maximum atomic E-state index is 9.15. The van der Waals surface area contributed by atoms with Crippen molar-refractivity contribution in [3.05, 3.63) is 41.0 Å². The molecule has 3 rings (SSSR count). The first-order chi connectivity index (χ1) is 5.92. The summed E-state index contributed by atoms with van der Waals surface area (Å²) < 4.78 is 0. The third kappa shape index (κ3) is 0.625. The van der Waals surface area contributed by atoms with Crippen LogP contribution in [0.1, 0.15) is 23.5 Å². The average molecular weight is 158 g/mol. The molecule has 2 aliphatic rings. The lowest BCUT2D eigenvalue weighted by atomic mass is 10.0. The van der Waals surface area contributed by atoms with Gasteiger partial charge in [0.2, 0.25) is 0 Å². The molecule has 1 aromatic rings. The Kier molecular flexibility index (Phi) is 1.07. The van der Waals surface area contributed by atoms with E-state index < -0.39 is 0 Å². The number of aliphatic hydroxyl groups is 1. The second-order valence-corrected chi connectivity index (χ2v) is 3.51. The van der Waals surface area contributed by atoms with Crippen molar-refractivity contribution in [2.75, 3.05) is 6.61 Å². The van der Waals surface area contributed by atoms with Crippen molar-refractivity contribution in [1.82, 2.24) is 0 Å². The lowest BCUT2D eigenvalue weighted by Gasteiger charge is -2.04. The highest BCUT2D eigenvalue weighted by Gasteiger charge is 2.41. The van der Waals surface area contributed by atoms with E-state index in [0.29, 0.717) is 5.92 Å². The predicted octanol–water partition coefficient (Wildman–Crippen LogP) is 1.93. The first kappa shape index (κ1) is 6.44. The lowest BCUT2D eigenvalue weighted by Crippen LogP contribution is -1.90. The van der Waals surface area contributed by atoms with Crippen LogP contribution in [0.4, 0.5) is 0 Å². The maximum absolute atomic E-state index is 9.15. The van der Waals surface area contributed by atoms with Crippen LogP contribution in [0.15, 0.2) is 29.8 Å². The number of hydrogen-bond acceptors (Lipinski definition) is 1. The van der Waals surface area contributed by atoms with Crippen LogP contribution < -0.4 is 0 Å². The Hall–Kier alpha value is -1.08. The van der Waals surface area contributed by atoms with E-state index in [1.54, 1.807) is 0 Å². The second kappa shape index (κ2) is 1.99. The molecule has 1 heteroatoms. The van der Waals surface area contributed by atoms with Gasteiger partial charge in [-0.3, -0.25) is 0 Å². The molecule has 1 atom stereocenters. The topological polar surface area (TPSA) is 20.2 Å². The summed E-state index contributed by atoms with van der Waals surface area (Å²) in [5.41, 5.74) is 5.37. The standard InChI is InChI=1S/C11H10O/c12-6-11-8-4-2-1-3-7(8)9-5-10(9)11/h1-4,9,12H,5-6H2. The first-order valence-corrected chi connectivity index (χ1v) is 4.34. The number of rotatable bonds is 1. The maximum Gasteiger partial charge on any atom is 0.0687 e. The highest BCUT2D eigenvalue weighted by Crippen LogP contribution is 2.57. The molecule has 1 N–H and O–H groups in total. The first-order valence-electron chi connectivity index (χ1n) is 4.34. The molecule has 1 fully saturated rings. The second-order valence-electron chi connectivity index (χ2n) is 3.51. The number of fused-ring (bicyclic) bond motifs is 3. The molecular weight excluding hydrogens is 148 g/mol. The SMILES string of the molecule is OCC1=C2CC2c2ccccc21. The van der Waals surface area contributed by atoms with Crippen LogP contribution in [-0.2, 0) is 0 Å². The lowest BCUT2D eigenvalue weighted by molar-refractivity contribution is 0.350. The summed E-state index contributed by atoms with van der Waals surface area (Å²) >= 11 is 0. The van der Waals surface area contributed by atoms with Gasteiger partial charge in [0.15, 0.2) is 0 Å². The molecule has 1 aromatic carbocycles. The van der Waals surface area contributed by atoms with Crippen LogP contribution in [-0.4, -0.2) is 11.7 Å². The molecule has 12 heavy (non-hydrogen) atoms. The zero-order valence-electron chi connectivity index (χ0n) is 6.75. The summed E-state index contributed by atoms with van der Waals surface area (Å²) in [7, 11) is 0. The van der Waals surface area contributed by atoms with Gasteiger partial charge in [0, 0.05) is 5.92 Å². The zero-order chi connectivity index (χ0) is 8.13. The number of hydrogen-bond donors (Lipinski definition) is 1. The van der Waals surface area contributed by atoms with E-state index in [1.165, 1.54) is 28.7 Å². The van der Waals surface area contributed by atoms with Gasteiger partial charge in [-0.05, 0) is 23.1 Å². The van der Waals surface area contributed by atoms with Gasteiger partial charge in [-0.2, -0.15) is 0 Å². The molecular formula is C11H10O. The summed E-state index contributed by atoms with van der Waals surface area (Å²) in [4.78, 5) is 0. The van der Waals surface area contributed by atoms with Gasteiger partial charge in [0.25, 0.3) is 0 Å². The summed E-state index contributed by atoms with van der Waals surface area (Å²) in [6, 6.07) is 8.41. The van der Waals surface area contributed by atoms with Gasteiger partial charge in [0.05, 0.1) is 6.61 Å². The van der Waals surface area contributed by atoms with Crippen LogP contribution in [0, 0.1) is 0 Å². The van der Waals surface area contributed by atoms with E-state index in [0.717, 1.165) is 0 Å². The summed E-state index contributed by atoms with van der Waals surface area (Å²) in [5.74, 6) is 0.670.